The lowest BCUT2D eigenvalue weighted by Gasteiger charge is -2.24. The molecule has 0 aliphatic heterocycles. The van der Waals surface area contributed by atoms with Crippen molar-refractivity contribution < 1.29 is 42.1 Å². The Bertz CT molecular complexity index is 959. The molecule has 0 saturated heterocycles. The fourth-order valence-corrected chi connectivity index (χ4v) is 5.71. The fraction of sp³-hybridized carbons (Fsp3) is 0.800. The van der Waals surface area contributed by atoms with Crippen LogP contribution in [-0.4, -0.2) is 74.9 Å². The number of ether oxygens (including phenoxy) is 2. The van der Waals surface area contributed by atoms with Gasteiger partial charge >= 0.3 is 19.8 Å². The summed E-state index contributed by atoms with van der Waals surface area (Å²) in [7, 11) is 1.46. The normalized spacial score (nSPS) is 14.1. The molecule has 0 bridgehead atoms. The molecular weight excluding hydrogens is 653 g/mol. The van der Waals surface area contributed by atoms with Crippen molar-refractivity contribution in [3.63, 3.8) is 0 Å². The van der Waals surface area contributed by atoms with Gasteiger partial charge in [0, 0.05) is 12.8 Å². The highest BCUT2D eigenvalue weighted by molar-refractivity contribution is 7.47. The maximum Gasteiger partial charge on any atom is 0.472 e. The van der Waals surface area contributed by atoms with Crippen molar-refractivity contribution in [2.24, 2.45) is 0 Å². The number of nitrogens with zero attached hydrogens (tertiary/aromatic N) is 1. The van der Waals surface area contributed by atoms with E-state index in [1.54, 1.807) is 0 Å². The first-order chi connectivity index (χ1) is 24.0. The zero-order valence-electron chi connectivity index (χ0n) is 32.6. The molecule has 10 heteroatoms. The quantitative estimate of drug-likeness (QED) is 0.0226. The van der Waals surface area contributed by atoms with Gasteiger partial charge in [-0.05, 0) is 64.2 Å². The van der Waals surface area contributed by atoms with Gasteiger partial charge in [-0.25, -0.2) is 4.57 Å². The Balaban J connectivity index is 4.47. The van der Waals surface area contributed by atoms with Gasteiger partial charge in [-0.2, -0.15) is 0 Å². The molecule has 0 fully saturated rings. The van der Waals surface area contributed by atoms with Gasteiger partial charge in [0.25, 0.3) is 0 Å². The molecule has 0 aromatic carbocycles. The Morgan fingerprint density at radius 3 is 1.66 bits per heavy atom. The van der Waals surface area contributed by atoms with Crippen molar-refractivity contribution >= 4 is 19.8 Å². The molecule has 0 aliphatic rings. The average molecular weight is 729 g/mol. The lowest BCUT2D eigenvalue weighted by Crippen LogP contribution is -2.37. The zero-order valence-corrected chi connectivity index (χ0v) is 33.5. The van der Waals surface area contributed by atoms with Gasteiger partial charge in [-0.3, -0.25) is 18.6 Å². The summed E-state index contributed by atoms with van der Waals surface area (Å²) in [5.74, 6) is -0.829. The van der Waals surface area contributed by atoms with Crippen LogP contribution in [0.15, 0.2) is 36.5 Å². The van der Waals surface area contributed by atoms with Crippen molar-refractivity contribution in [1.82, 2.24) is 0 Å². The minimum Gasteiger partial charge on any atom is -0.462 e. The molecule has 9 nitrogen and oxygen atoms in total. The first kappa shape index (κ1) is 48.2. The fourth-order valence-electron chi connectivity index (χ4n) is 4.96. The van der Waals surface area contributed by atoms with Crippen LogP contribution in [0.1, 0.15) is 155 Å². The lowest BCUT2D eigenvalue weighted by atomic mass is 10.1. The number of unbranched alkanes of at least 4 members (excludes halogenated alkanes) is 15. The van der Waals surface area contributed by atoms with Crippen LogP contribution >= 0.6 is 7.82 Å². The van der Waals surface area contributed by atoms with E-state index in [0.717, 1.165) is 83.5 Å². The Kier molecular flexibility index (Phi) is 31.9. The summed E-state index contributed by atoms with van der Waals surface area (Å²) in [6.07, 6.45) is 34.7. The van der Waals surface area contributed by atoms with Gasteiger partial charge in [0.15, 0.2) is 6.10 Å². The van der Waals surface area contributed by atoms with Crippen LogP contribution in [0.4, 0.5) is 0 Å². The molecule has 0 aromatic heterocycles. The molecule has 50 heavy (non-hydrogen) atoms. The molecule has 2 unspecified atom stereocenters. The summed E-state index contributed by atoms with van der Waals surface area (Å²) in [6.45, 7) is 4.31. The number of hydrogen-bond donors (Lipinski definition) is 1. The van der Waals surface area contributed by atoms with E-state index in [9.17, 15) is 19.0 Å². The van der Waals surface area contributed by atoms with E-state index >= 15 is 0 Å². The number of likely N-dealkylation sites (N-methyl/N-ethyl adjacent to an activating group) is 1. The zero-order chi connectivity index (χ0) is 37.2. The monoisotopic (exact) mass is 729 g/mol. The molecule has 0 saturated carbocycles. The highest BCUT2D eigenvalue weighted by atomic mass is 31.2. The number of hydrogen-bond acceptors (Lipinski definition) is 7. The molecule has 292 valence electrons. The number of carbonyl (C=O) groups is 2. The molecule has 0 aliphatic carbocycles. The van der Waals surface area contributed by atoms with Crippen molar-refractivity contribution in [3.05, 3.63) is 36.5 Å². The summed E-state index contributed by atoms with van der Waals surface area (Å²) in [6, 6.07) is 0. The van der Waals surface area contributed by atoms with Crippen LogP contribution in [0, 0.1) is 0 Å². The Labute approximate surface area is 306 Å². The predicted octanol–water partition coefficient (Wildman–Crippen LogP) is 10.6. The van der Waals surface area contributed by atoms with E-state index in [1.807, 2.05) is 21.1 Å². The standard InChI is InChI=1S/C40H74NO8P/c1-6-8-10-12-14-16-18-20-21-23-25-27-29-31-33-40(43)49-38(37-48-50(44,45)47-35-34-41(3,4)5)36-46-39(42)32-30-28-26-24-22-19-17-15-13-11-9-7-2/h12,14-15,17-18,20,38H,6-11,13,16,19,21-37H2,1-5H3/p+1/b14-12-,17-15-,20-18-. The second kappa shape index (κ2) is 33.1. The molecule has 0 heterocycles. The lowest BCUT2D eigenvalue weighted by molar-refractivity contribution is -0.870. The van der Waals surface area contributed by atoms with Gasteiger partial charge in [-0.1, -0.05) is 115 Å². The first-order valence-corrected chi connectivity index (χ1v) is 21.2. The van der Waals surface area contributed by atoms with Gasteiger partial charge in [0.05, 0.1) is 27.7 Å². The topological polar surface area (TPSA) is 108 Å². The number of esters is 2. The van der Waals surface area contributed by atoms with Crippen LogP contribution in [0.2, 0.25) is 0 Å². The third-order valence-corrected chi connectivity index (χ3v) is 9.13. The second-order valence-corrected chi connectivity index (χ2v) is 15.8. The highest BCUT2D eigenvalue weighted by Crippen LogP contribution is 2.43. The average Bonchev–Trinajstić information content (AvgIpc) is 3.06. The maximum absolute atomic E-state index is 12.6. The number of phosphoric acid groups is 1. The number of allylic oxidation sites excluding steroid dienone is 6. The van der Waals surface area contributed by atoms with Crippen LogP contribution in [0.5, 0.6) is 0 Å². The van der Waals surface area contributed by atoms with E-state index in [2.05, 4.69) is 50.3 Å². The first-order valence-electron chi connectivity index (χ1n) is 19.7. The van der Waals surface area contributed by atoms with Gasteiger partial charge in [0.2, 0.25) is 0 Å². The molecule has 0 amide bonds. The Morgan fingerprint density at radius 2 is 1.10 bits per heavy atom. The van der Waals surface area contributed by atoms with Gasteiger partial charge < -0.3 is 18.9 Å². The summed E-state index contributed by atoms with van der Waals surface area (Å²) < 4.78 is 34.1. The van der Waals surface area contributed by atoms with Crippen molar-refractivity contribution in [1.29, 1.82) is 0 Å². The molecule has 1 N–H and O–H groups in total. The summed E-state index contributed by atoms with van der Waals surface area (Å²) in [5.41, 5.74) is 0. The van der Waals surface area contributed by atoms with E-state index in [0.29, 0.717) is 17.4 Å². The summed E-state index contributed by atoms with van der Waals surface area (Å²) in [4.78, 5) is 35.2. The van der Waals surface area contributed by atoms with E-state index in [4.69, 9.17) is 18.5 Å². The Hall–Kier alpha value is -1.77. The smallest absolute Gasteiger partial charge is 0.462 e. The molecule has 2 atom stereocenters. The SMILES string of the molecule is CCCC/C=C\C/C=C\CCCCCCCC(=O)OC(COC(=O)CCCCCCC/C=C\CCCCC)COP(=O)(O)OCC[N+](C)(C)C. The number of quaternary nitrogens is 1. The summed E-state index contributed by atoms with van der Waals surface area (Å²) in [5, 5.41) is 0. The minimum atomic E-state index is -4.37. The van der Waals surface area contributed by atoms with E-state index < -0.39 is 26.5 Å². The number of rotatable bonds is 35. The van der Waals surface area contributed by atoms with Gasteiger partial charge in [0.1, 0.15) is 19.8 Å². The molecule has 0 aromatic rings. The third-order valence-electron chi connectivity index (χ3n) is 8.14. The molecule has 0 spiro atoms. The number of carbonyl (C=O) groups excluding carboxylic acids is 2. The second-order valence-electron chi connectivity index (χ2n) is 14.3. The Morgan fingerprint density at radius 1 is 0.620 bits per heavy atom. The largest absolute Gasteiger partial charge is 0.472 e. The third kappa shape index (κ3) is 36.0. The van der Waals surface area contributed by atoms with E-state index in [1.165, 1.54) is 38.5 Å². The highest BCUT2D eigenvalue weighted by Gasteiger charge is 2.27. The van der Waals surface area contributed by atoms with Crippen LogP contribution in [0.3, 0.4) is 0 Å². The van der Waals surface area contributed by atoms with E-state index in [-0.39, 0.29) is 32.0 Å². The van der Waals surface area contributed by atoms with Crippen molar-refractivity contribution in [3.8, 4) is 0 Å². The molecular formula is C40H75NO8P+. The van der Waals surface area contributed by atoms with Gasteiger partial charge in [-0.15, -0.1) is 0 Å². The number of phosphoric ester groups is 1. The molecule has 0 radical (unpaired) electrons. The van der Waals surface area contributed by atoms with Crippen LogP contribution in [-0.2, 0) is 32.7 Å². The summed E-state index contributed by atoms with van der Waals surface area (Å²) >= 11 is 0. The predicted molar refractivity (Wildman–Crippen MR) is 206 cm³/mol. The van der Waals surface area contributed by atoms with Crippen LogP contribution < -0.4 is 0 Å². The van der Waals surface area contributed by atoms with Crippen LogP contribution in [0.25, 0.3) is 0 Å². The molecule has 0 rings (SSSR count). The maximum atomic E-state index is 12.6. The van der Waals surface area contributed by atoms with Crippen molar-refractivity contribution in [2.75, 3.05) is 47.5 Å². The van der Waals surface area contributed by atoms with Crippen molar-refractivity contribution in [2.45, 2.75) is 161 Å². The minimum absolute atomic E-state index is 0.0270.